The highest BCUT2D eigenvalue weighted by Gasteiger charge is 2.38. The molecule has 1 aromatic heterocycles. The molecule has 0 spiro atoms. The van der Waals surface area contributed by atoms with Crippen molar-refractivity contribution >= 4 is 12.3 Å². The van der Waals surface area contributed by atoms with Crippen molar-refractivity contribution in [3.05, 3.63) is 23.9 Å². The van der Waals surface area contributed by atoms with Crippen LogP contribution in [0.3, 0.4) is 0 Å². The number of rotatable bonds is 4. The third-order valence-corrected chi connectivity index (χ3v) is 4.93. The van der Waals surface area contributed by atoms with E-state index >= 15 is 0 Å². The van der Waals surface area contributed by atoms with Gasteiger partial charge >= 0.3 is 0 Å². The molecule has 7 heteroatoms. The lowest BCUT2D eigenvalue weighted by Gasteiger charge is -2.48. The Hall–Kier alpha value is -2.17. The SMILES string of the molecule is N#Cc1cccc(NCC2(N3CCOCC3)CCCCC2)n1.O=CO. The highest BCUT2D eigenvalue weighted by molar-refractivity contribution is 5.39. The van der Waals surface area contributed by atoms with E-state index in [2.05, 4.69) is 21.3 Å². The summed E-state index contributed by atoms with van der Waals surface area (Å²) in [6.07, 6.45) is 6.40. The van der Waals surface area contributed by atoms with Gasteiger partial charge in [0.15, 0.2) is 0 Å². The topological polar surface area (TPSA) is 98.5 Å². The van der Waals surface area contributed by atoms with E-state index in [0.29, 0.717) is 5.69 Å². The Labute approximate surface area is 148 Å². The largest absolute Gasteiger partial charge is 0.483 e. The number of aromatic nitrogens is 1. The molecule has 0 amide bonds. The number of carboxylic acid groups (broad SMARTS) is 1. The number of ether oxygens (including phenoxy) is 1. The van der Waals surface area contributed by atoms with E-state index in [1.807, 2.05) is 12.1 Å². The molecule has 2 N–H and O–H groups in total. The van der Waals surface area contributed by atoms with Gasteiger partial charge in [-0.3, -0.25) is 9.69 Å². The van der Waals surface area contributed by atoms with Crippen molar-refractivity contribution in [2.24, 2.45) is 0 Å². The van der Waals surface area contributed by atoms with Crippen molar-refractivity contribution in [3.63, 3.8) is 0 Å². The standard InChI is InChI=1S/C17H24N4O.CH2O2/c18-13-15-5-4-6-16(20-15)19-14-17(7-2-1-3-8-17)21-9-11-22-12-10-21;2-1-3/h4-6H,1-3,7-12,14H2,(H,19,20);1H,(H,2,3). The van der Waals surface area contributed by atoms with Gasteiger partial charge in [0.1, 0.15) is 17.6 Å². The quantitative estimate of drug-likeness (QED) is 0.806. The smallest absolute Gasteiger partial charge is 0.290 e. The average molecular weight is 346 g/mol. The molecule has 25 heavy (non-hydrogen) atoms. The fourth-order valence-electron chi connectivity index (χ4n) is 3.70. The van der Waals surface area contributed by atoms with E-state index in [1.165, 1.54) is 32.1 Å². The Kier molecular flexibility index (Phi) is 7.64. The summed E-state index contributed by atoms with van der Waals surface area (Å²) in [5, 5.41) is 19.3. The van der Waals surface area contributed by atoms with Gasteiger partial charge < -0.3 is 15.2 Å². The number of carbonyl (C=O) groups is 1. The van der Waals surface area contributed by atoms with Gasteiger partial charge in [0.2, 0.25) is 0 Å². The number of nitrogens with one attached hydrogen (secondary N) is 1. The van der Waals surface area contributed by atoms with Crippen LogP contribution in [0.5, 0.6) is 0 Å². The Bertz CT molecular complexity index is 576. The van der Waals surface area contributed by atoms with Crippen LogP contribution in [-0.2, 0) is 9.53 Å². The normalized spacial score (nSPS) is 19.8. The second-order valence-electron chi connectivity index (χ2n) is 6.36. The molecule has 0 atom stereocenters. The van der Waals surface area contributed by atoms with Crippen LogP contribution in [0.15, 0.2) is 18.2 Å². The maximum Gasteiger partial charge on any atom is 0.290 e. The van der Waals surface area contributed by atoms with Crippen LogP contribution in [0.4, 0.5) is 5.82 Å². The lowest BCUT2D eigenvalue weighted by atomic mass is 9.79. The van der Waals surface area contributed by atoms with Crippen LogP contribution < -0.4 is 5.32 Å². The van der Waals surface area contributed by atoms with Crippen molar-refractivity contribution in [3.8, 4) is 6.07 Å². The van der Waals surface area contributed by atoms with Gasteiger partial charge in [-0.25, -0.2) is 4.98 Å². The van der Waals surface area contributed by atoms with Crippen LogP contribution in [0.25, 0.3) is 0 Å². The molecule has 1 saturated heterocycles. The van der Waals surface area contributed by atoms with E-state index in [1.54, 1.807) is 6.07 Å². The lowest BCUT2D eigenvalue weighted by molar-refractivity contribution is -0.122. The van der Waals surface area contributed by atoms with Gasteiger partial charge in [-0.05, 0) is 25.0 Å². The summed E-state index contributed by atoms with van der Waals surface area (Å²) in [6.45, 7) is 4.36. The first-order valence-electron chi connectivity index (χ1n) is 8.76. The fourth-order valence-corrected chi connectivity index (χ4v) is 3.70. The summed E-state index contributed by atoms with van der Waals surface area (Å²) in [6, 6.07) is 7.67. The Morgan fingerprint density at radius 3 is 2.64 bits per heavy atom. The molecule has 1 aromatic rings. The molecule has 0 radical (unpaired) electrons. The molecule has 3 rings (SSSR count). The Morgan fingerprint density at radius 2 is 2.00 bits per heavy atom. The minimum Gasteiger partial charge on any atom is -0.483 e. The maximum atomic E-state index is 8.97. The predicted molar refractivity (Wildman–Crippen MR) is 94.3 cm³/mol. The van der Waals surface area contributed by atoms with Gasteiger partial charge in [-0.2, -0.15) is 5.26 Å². The summed E-state index contributed by atoms with van der Waals surface area (Å²) in [5.41, 5.74) is 0.681. The third kappa shape index (κ3) is 5.41. The number of hydrogen-bond acceptors (Lipinski definition) is 6. The molecule has 1 saturated carbocycles. The van der Waals surface area contributed by atoms with Crippen LogP contribution in [-0.4, -0.2) is 59.8 Å². The molecule has 0 bridgehead atoms. The van der Waals surface area contributed by atoms with Crippen LogP contribution in [0.2, 0.25) is 0 Å². The molecular weight excluding hydrogens is 320 g/mol. The molecule has 136 valence electrons. The first kappa shape index (κ1) is 19.2. The van der Waals surface area contributed by atoms with Crippen molar-refractivity contribution in [1.29, 1.82) is 5.26 Å². The summed E-state index contributed by atoms with van der Waals surface area (Å²) in [7, 11) is 0. The summed E-state index contributed by atoms with van der Waals surface area (Å²) < 4.78 is 5.52. The Morgan fingerprint density at radius 1 is 1.32 bits per heavy atom. The first-order valence-corrected chi connectivity index (χ1v) is 8.76. The number of pyridine rings is 1. The number of hydrogen-bond donors (Lipinski definition) is 2. The second kappa shape index (κ2) is 9.97. The minimum atomic E-state index is -0.250. The third-order valence-electron chi connectivity index (χ3n) is 4.93. The highest BCUT2D eigenvalue weighted by atomic mass is 16.5. The zero-order valence-corrected chi connectivity index (χ0v) is 14.5. The monoisotopic (exact) mass is 346 g/mol. The van der Waals surface area contributed by atoms with Crippen molar-refractivity contribution in [2.75, 3.05) is 38.2 Å². The van der Waals surface area contributed by atoms with E-state index in [-0.39, 0.29) is 12.0 Å². The van der Waals surface area contributed by atoms with Gasteiger partial charge in [-0.1, -0.05) is 25.3 Å². The van der Waals surface area contributed by atoms with E-state index in [4.69, 9.17) is 19.9 Å². The zero-order valence-electron chi connectivity index (χ0n) is 14.5. The van der Waals surface area contributed by atoms with Crippen molar-refractivity contribution in [1.82, 2.24) is 9.88 Å². The Balaban J connectivity index is 0.000000701. The molecule has 2 fully saturated rings. The number of nitrogens with zero attached hydrogens (tertiary/aromatic N) is 3. The molecule has 1 aliphatic carbocycles. The van der Waals surface area contributed by atoms with E-state index in [0.717, 1.165) is 38.7 Å². The number of anilines is 1. The van der Waals surface area contributed by atoms with Gasteiger partial charge in [0, 0.05) is 25.2 Å². The average Bonchev–Trinajstić information content (AvgIpc) is 2.69. The predicted octanol–water partition coefficient (Wildman–Crippen LogP) is 2.10. The summed E-state index contributed by atoms with van der Waals surface area (Å²) in [5.74, 6) is 0.803. The van der Waals surface area contributed by atoms with Crippen molar-refractivity contribution < 1.29 is 14.6 Å². The molecule has 2 aliphatic rings. The lowest BCUT2D eigenvalue weighted by Crippen LogP contribution is -2.58. The van der Waals surface area contributed by atoms with Gasteiger partial charge in [0.25, 0.3) is 6.47 Å². The van der Waals surface area contributed by atoms with Crippen molar-refractivity contribution in [2.45, 2.75) is 37.6 Å². The highest BCUT2D eigenvalue weighted by Crippen LogP contribution is 2.34. The zero-order chi connectivity index (χ0) is 18.0. The fraction of sp³-hybridized carbons (Fsp3) is 0.611. The molecule has 0 aromatic carbocycles. The first-order chi connectivity index (χ1) is 12.2. The minimum absolute atomic E-state index is 0.215. The van der Waals surface area contributed by atoms with E-state index in [9.17, 15) is 0 Å². The molecule has 7 nitrogen and oxygen atoms in total. The van der Waals surface area contributed by atoms with Crippen LogP contribution in [0.1, 0.15) is 37.8 Å². The number of nitriles is 1. The molecule has 1 aliphatic heterocycles. The second-order valence-corrected chi connectivity index (χ2v) is 6.36. The van der Waals surface area contributed by atoms with Gasteiger partial charge in [-0.15, -0.1) is 0 Å². The van der Waals surface area contributed by atoms with Crippen LogP contribution >= 0.6 is 0 Å². The van der Waals surface area contributed by atoms with Crippen LogP contribution in [0, 0.1) is 11.3 Å². The number of morpholine rings is 1. The van der Waals surface area contributed by atoms with E-state index < -0.39 is 0 Å². The maximum absolute atomic E-state index is 8.97. The summed E-state index contributed by atoms with van der Waals surface area (Å²) in [4.78, 5) is 15.3. The summed E-state index contributed by atoms with van der Waals surface area (Å²) >= 11 is 0. The van der Waals surface area contributed by atoms with Gasteiger partial charge in [0.05, 0.1) is 13.2 Å². The molecule has 0 unspecified atom stereocenters. The molecule has 2 heterocycles. The molecular formula is C18H26N4O3.